The van der Waals surface area contributed by atoms with Crippen molar-refractivity contribution in [1.29, 1.82) is 0 Å². The first kappa shape index (κ1) is 25.2. The first-order valence-corrected chi connectivity index (χ1v) is 9.67. The summed E-state index contributed by atoms with van der Waals surface area (Å²) >= 11 is 0. The van der Waals surface area contributed by atoms with Gasteiger partial charge < -0.3 is 20.1 Å². The highest BCUT2D eigenvalue weighted by atomic mass is 127. The number of nitrogens with one attached hydrogen (secondary N) is 2. The Hall–Kier alpha value is -0.830. The molecule has 0 atom stereocenters. The Balaban J connectivity index is 0.00000625. The van der Waals surface area contributed by atoms with E-state index in [-0.39, 0.29) is 24.0 Å². The molecular formula is C19H38IN5O. The third kappa shape index (κ3) is 9.75. The van der Waals surface area contributed by atoms with Crippen molar-refractivity contribution in [3.63, 3.8) is 0 Å². The summed E-state index contributed by atoms with van der Waals surface area (Å²) in [6.45, 7) is 7.05. The number of rotatable bonds is 12. The van der Waals surface area contributed by atoms with Gasteiger partial charge in [0.05, 0.1) is 5.69 Å². The van der Waals surface area contributed by atoms with Crippen molar-refractivity contribution in [2.75, 3.05) is 34.2 Å². The van der Waals surface area contributed by atoms with Gasteiger partial charge in [0.15, 0.2) is 5.96 Å². The van der Waals surface area contributed by atoms with Gasteiger partial charge in [-0.1, -0.05) is 38.3 Å². The average molecular weight is 479 g/mol. The summed E-state index contributed by atoms with van der Waals surface area (Å²) in [5.41, 5.74) is 2.21. The Bertz CT molecular complexity index is 481. The molecule has 1 aromatic heterocycles. The number of guanidine groups is 1. The first-order chi connectivity index (χ1) is 12.1. The standard InChI is InChI=1S/C19H37N5O.HI/c1-6-17-16(18(7-2)25-23-17)15-22-19(20-3)21-13-11-9-8-10-12-14-24(4)5;/h6-15H2,1-5H3,(H2,20,21,22);1H. The number of hydrogen-bond donors (Lipinski definition) is 2. The van der Waals surface area contributed by atoms with Gasteiger partial charge in [0.25, 0.3) is 0 Å². The molecule has 1 heterocycles. The SMILES string of the molecule is CCc1noc(CC)c1CNC(=NC)NCCCCCCCN(C)C.I. The van der Waals surface area contributed by atoms with Gasteiger partial charge in [0.1, 0.15) is 5.76 Å². The predicted molar refractivity (Wildman–Crippen MR) is 121 cm³/mol. The number of nitrogens with zero attached hydrogens (tertiary/aromatic N) is 3. The molecule has 1 aromatic rings. The van der Waals surface area contributed by atoms with E-state index in [1.54, 1.807) is 0 Å². The highest BCUT2D eigenvalue weighted by molar-refractivity contribution is 14.0. The Kier molecular flexibility index (Phi) is 14.8. The normalized spacial score (nSPS) is 11.5. The van der Waals surface area contributed by atoms with Gasteiger partial charge in [0, 0.05) is 32.1 Å². The minimum Gasteiger partial charge on any atom is -0.361 e. The molecule has 0 aliphatic heterocycles. The van der Waals surface area contributed by atoms with Crippen molar-refractivity contribution in [3.05, 3.63) is 17.0 Å². The Morgan fingerprint density at radius 3 is 2.35 bits per heavy atom. The molecule has 1 rings (SSSR count). The van der Waals surface area contributed by atoms with E-state index in [1.807, 2.05) is 7.05 Å². The maximum Gasteiger partial charge on any atom is 0.191 e. The minimum atomic E-state index is 0. The van der Waals surface area contributed by atoms with Gasteiger partial charge in [-0.3, -0.25) is 4.99 Å². The second-order valence-corrected chi connectivity index (χ2v) is 6.66. The van der Waals surface area contributed by atoms with E-state index in [0.29, 0.717) is 6.54 Å². The fraction of sp³-hybridized carbons (Fsp3) is 0.789. The van der Waals surface area contributed by atoms with Crippen LogP contribution in [0.25, 0.3) is 0 Å². The maximum absolute atomic E-state index is 5.41. The van der Waals surface area contributed by atoms with E-state index in [9.17, 15) is 0 Å². The van der Waals surface area contributed by atoms with Gasteiger partial charge in [-0.2, -0.15) is 0 Å². The quantitative estimate of drug-likeness (QED) is 0.208. The van der Waals surface area contributed by atoms with Crippen LogP contribution >= 0.6 is 24.0 Å². The lowest BCUT2D eigenvalue weighted by molar-refractivity contribution is 0.380. The molecule has 152 valence electrons. The molecule has 0 saturated carbocycles. The third-order valence-corrected chi connectivity index (χ3v) is 4.34. The van der Waals surface area contributed by atoms with Crippen LogP contribution in [0.3, 0.4) is 0 Å². The summed E-state index contributed by atoms with van der Waals surface area (Å²) in [4.78, 5) is 6.55. The van der Waals surface area contributed by atoms with Crippen LogP contribution in [0.2, 0.25) is 0 Å². The molecule has 0 saturated heterocycles. The molecule has 2 N–H and O–H groups in total. The van der Waals surface area contributed by atoms with Gasteiger partial charge in [0.2, 0.25) is 0 Å². The van der Waals surface area contributed by atoms with Crippen LogP contribution in [0.1, 0.15) is 63.0 Å². The fourth-order valence-electron chi connectivity index (χ4n) is 2.82. The van der Waals surface area contributed by atoms with E-state index in [0.717, 1.165) is 36.8 Å². The Labute approximate surface area is 176 Å². The monoisotopic (exact) mass is 479 g/mol. The van der Waals surface area contributed by atoms with E-state index in [2.05, 4.69) is 53.6 Å². The zero-order chi connectivity index (χ0) is 18.5. The number of aromatic nitrogens is 1. The van der Waals surface area contributed by atoms with Crippen LogP contribution in [0.4, 0.5) is 0 Å². The topological polar surface area (TPSA) is 65.7 Å². The molecule has 0 amide bonds. The molecule has 7 heteroatoms. The molecule has 6 nitrogen and oxygen atoms in total. The lowest BCUT2D eigenvalue weighted by atomic mass is 10.1. The molecule has 0 aromatic carbocycles. The molecule has 0 radical (unpaired) electrons. The summed E-state index contributed by atoms with van der Waals surface area (Å²) < 4.78 is 5.41. The van der Waals surface area contributed by atoms with Crippen LogP contribution in [0.15, 0.2) is 9.52 Å². The van der Waals surface area contributed by atoms with E-state index >= 15 is 0 Å². The van der Waals surface area contributed by atoms with Crippen molar-refractivity contribution in [1.82, 2.24) is 20.7 Å². The van der Waals surface area contributed by atoms with Crippen molar-refractivity contribution in [2.24, 2.45) is 4.99 Å². The summed E-state index contributed by atoms with van der Waals surface area (Å²) in [6, 6.07) is 0. The van der Waals surface area contributed by atoms with Crippen molar-refractivity contribution in [3.8, 4) is 0 Å². The molecule has 0 bridgehead atoms. The molecule has 0 aliphatic carbocycles. The van der Waals surface area contributed by atoms with Gasteiger partial charge in [-0.15, -0.1) is 24.0 Å². The molecular weight excluding hydrogens is 441 g/mol. The van der Waals surface area contributed by atoms with Crippen LogP contribution in [-0.4, -0.2) is 50.2 Å². The highest BCUT2D eigenvalue weighted by Crippen LogP contribution is 2.15. The second kappa shape index (κ2) is 15.2. The van der Waals surface area contributed by atoms with Crippen LogP contribution in [0, 0.1) is 0 Å². The summed E-state index contributed by atoms with van der Waals surface area (Å²) in [7, 11) is 6.08. The molecule has 0 fully saturated rings. The predicted octanol–water partition coefficient (Wildman–Crippen LogP) is 3.59. The van der Waals surface area contributed by atoms with Crippen LogP contribution in [-0.2, 0) is 19.4 Å². The smallest absolute Gasteiger partial charge is 0.191 e. The van der Waals surface area contributed by atoms with E-state index < -0.39 is 0 Å². The fourth-order valence-corrected chi connectivity index (χ4v) is 2.82. The maximum atomic E-state index is 5.41. The number of unbranched alkanes of at least 4 members (excludes halogenated alkanes) is 4. The lowest BCUT2D eigenvalue weighted by Gasteiger charge is -2.12. The van der Waals surface area contributed by atoms with Crippen molar-refractivity contribution < 1.29 is 4.52 Å². The Morgan fingerprint density at radius 2 is 1.73 bits per heavy atom. The number of aliphatic imine (C=N–C) groups is 1. The van der Waals surface area contributed by atoms with Crippen LogP contribution < -0.4 is 10.6 Å². The van der Waals surface area contributed by atoms with Gasteiger partial charge >= 0.3 is 0 Å². The zero-order valence-electron chi connectivity index (χ0n) is 17.2. The van der Waals surface area contributed by atoms with E-state index in [1.165, 1.54) is 44.2 Å². The molecule has 0 spiro atoms. The van der Waals surface area contributed by atoms with Gasteiger partial charge in [-0.25, -0.2) is 0 Å². The lowest BCUT2D eigenvalue weighted by Crippen LogP contribution is -2.37. The third-order valence-electron chi connectivity index (χ3n) is 4.34. The number of aryl methyl sites for hydroxylation is 2. The van der Waals surface area contributed by atoms with Crippen molar-refractivity contribution in [2.45, 2.75) is 65.3 Å². The number of hydrogen-bond acceptors (Lipinski definition) is 4. The average Bonchev–Trinajstić information content (AvgIpc) is 3.01. The minimum absolute atomic E-state index is 0. The zero-order valence-corrected chi connectivity index (χ0v) is 19.6. The summed E-state index contributed by atoms with van der Waals surface area (Å²) in [6.07, 6.45) is 8.12. The Morgan fingerprint density at radius 1 is 1.04 bits per heavy atom. The largest absolute Gasteiger partial charge is 0.361 e. The highest BCUT2D eigenvalue weighted by Gasteiger charge is 2.13. The van der Waals surface area contributed by atoms with Gasteiger partial charge in [-0.05, 0) is 39.9 Å². The van der Waals surface area contributed by atoms with Crippen LogP contribution in [0.5, 0.6) is 0 Å². The number of halogens is 1. The molecule has 0 aliphatic rings. The molecule has 0 unspecified atom stereocenters. The summed E-state index contributed by atoms with van der Waals surface area (Å²) in [5, 5.41) is 10.9. The molecule has 26 heavy (non-hydrogen) atoms. The first-order valence-electron chi connectivity index (χ1n) is 9.67. The summed E-state index contributed by atoms with van der Waals surface area (Å²) in [5.74, 6) is 1.82. The van der Waals surface area contributed by atoms with E-state index in [4.69, 9.17) is 4.52 Å². The second-order valence-electron chi connectivity index (χ2n) is 6.66. The van der Waals surface area contributed by atoms with Crippen molar-refractivity contribution >= 4 is 29.9 Å².